The van der Waals surface area contributed by atoms with Crippen LogP contribution in [0.15, 0.2) is 24.3 Å². The summed E-state index contributed by atoms with van der Waals surface area (Å²) in [6.45, 7) is 7.19. The number of nitrogens with zero attached hydrogens (tertiary/aromatic N) is 1. The minimum atomic E-state index is -0.882. The van der Waals surface area contributed by atoms with E-state index in [0.29, 0.717) is 28.2 Å². The molecule has 7 heteroatoms. The Morgan fingerprint density at radius 2 is 1.81 bits per heavy atom. The highest BCUT2D eigenvalue weighted by Crippen LogP contribution is 2.43. The third-order valence-corrected chi connectivity index (χ3v) is 4.97. The Labute approximate surface area is 156 Å². The van der Waals surface area contributed by atoms with Crippen LogP contribution in [0.4, 0.5) is 5.69 Å². The van der Waals surface area contributed by atoms with Gasteiger partial charge in [-0.1, -0.05) is 0 Å². The van der Waals surface area contributed by atoms with E-state index in [2.05, 4.69) is 0 Å². The van der Waals surface area contributed by atoms with Crippen LogP contribution >= 0.6 is 0 Å². The third-order valence-electron chi connectivity index (χ3n) is 4.97. The van der Waals surface area contributed by atoms with Crippen molar-refractivity contribution in [1.82, 2.24) is 0 Å². The normalized spacial score (nSPS) is 18.6. The molecule has 27 heavy (non-hydrogen) atoms. The summed E-state index contributed by atoms with van der Waals surface area (Å²) >= 11 is 0. The van der Waals surface area contributed by atoms with Crippen molar-refractivity contribution in [2.24, 2.45) is 0 Å². The summed E-state index contributed by atoms with van der Waals surface area (Å²) < 4.78 is 11.9. The zero-order valence-electron chi connectivity index (χ0n) is 15.7. The summed E-state index contributed by atoms with van der Waals surface area (Å²) in [5.74, 6) is 0.947. The molecule has 0 aliphatic carbocycles. The predicted molar refractivity (Wildman–Crippen MR) is 98.9 cm³/mol. The lowest BCUT2D eigenvalue weighted by molar-refractivity contribution is -0.384. The van der Waals surface area contributed by atoms with Crippen LogP contribution in [0.2, 0.25) is 0 Å². The molecular formula is C20H21NO6. The molecule has 0 spiro atoms. The van der Waals surface area contributed by atoms with Crippen molar-refractivity contribution >= 4 is 11.5 Å². The topological polar surface area (TPSA) is 98.9 Å². The second-order valence-electron chi connectivity index (χ2n) is 7.12. The summed E-state index contributed by atoms with van der Waals surface area (Å²) in [6, 6.07) is 5.74. The van der Waals surface area contributed by atoms with Crippen molar-refractivity contribution in [1.29, 1.82) is 0 Å². The Bertz CT molecular complexity index is 935. The second-order valence-corrected chi connectivity index (χ2v) is 7.12. The van der Waals surface area contributed by atoms with Crippen LogP contribution in [-0.2, 0) is 0 Å². The zero-order chi connectivity index (χ0) is 19.9. The standard InChI is InChI=1S/C20H21NO6/c1-11-12(2)19-17(13(3)18(11)23)16(22)9-20(4,27-19)10-26-15-7-5-14(6-8-15)21(24)25/h5-8,23H,9-10H2,1-4H3. The van der Waals surface area contributed by atoms with Crippen molar-refractivity contribution in [2.75, 3.05) is 6.61 Å². The van der Waals surface area contributed by atoms with Crippen LogP contribution in [0.5, 0.6) is 17.2 Å². The SMILES string of the molecule is Cc1c(C)c2c(c(C)c1O)C(=O)CC(C)(COc1ccc([N+](=O)[O-])cc1)O2. The van der Waals surface area contributed by atoms with Crippen LogP contribution in [0, 0.1) is 30.9 Å². The van der Waals surface area contributed by atoms with E-state index in [1.807, 2.05) is 6.92 Å². The summed E-state index contributed by atoms with van der Waals surface area (Å²) in [7, 11) is 0. The van der Waals surface area contributed by atoms with Gasteiger partial charge in [0.1, 0.15) is 29.5 Å². The monoisotopic (exact) mass is 371 g/mol. The lowest BCUT2D eigenvalue weighted by Gasteiger charge is -2.36. The molecule has 0 saturated carbocycles. The van der Waals surface area contributed by atoms with E-state index in [1.165, 1.54) is 24.3 Å². The smallest absolute Gasteiger partial charge is 0.269 e. The van der Waals surface area contributed by atoms with Gasteiger partial charge < -0.3 is 14.6 Å². The van der Waals surface area contributed by atoms with Crippen molar-refractivity contribution in [3.63, 3.8) is 0 Å². The van der Waals surface area contributed by atoms with Crippen molar-refractivity contribution in [2.45, 2.75) is 39.7 Å². The maximum Gasteiger partial charge on any atom is 0.269 e. The number of Topliss-reactive ketones (excluding diaryl/α,β-unsaturated/α-hetero) is 1. The van der Waals surface area contributed by atoms with Crippen molar-refractivity contribution < 1.29 is 24.3 Å². The highest BCUT2D eigenvalue weighted by Gasteiger charge is 2.40. The number of carbonyl (C=O) groups is 1. The van der Waals surface area contributed by atoms with Crippen LogP contribution in [0.3, 0.4) is 0 Å². The number of hydrogen-bond donors (Lipinski definition) is 1. The lowest BCUT2D eigenvalue weighted by Crippen LogP contribution is -2.44. The van der Waals surface area contributed by atoms with Gasteiger partial charge in [0.15, 0.2) is 5.78 Å². The molecule has 1 aliphatic heterocycles. The fraction of sp³-hybridized carbons (Fsp3) is 0.350. The van der Waals surface area contributed by atoms with Crippen LogP contribution in [0.25, 0.3) is 0 Å². The van der Waals surface area contributed by atoms with Gasteiger partial charge in [-0.05, 0) is 51.0 Å². The van der Waals surface area contributed by atoms with Gasteiger partial charge in [-0.25, -0.2) is 0 Å². The summed E-state index contributed by atoms with van der Waals surface area (Å²) in [6.07, 6.45) is 0.107. The van der Waals surface area contributed by atoms with Crippen LogP contribution in [0.1, 0.15) is 40.4 Å². The molecule has 1 N–H and O–H groups in total. The average molecular weight is 371 g/mol. The molecule has 1 aliphatic rings. The molecule has 0 amide bonds. The Morgan fingerprint density at radius 3 is 2.41 bits per heavy atom. The minimum Gasteiger partial charge on any atom is -0.507 e. The Kier molecular flexibility index (Phi) is 4.55. The number of phenols is 1. The molecule has 7 nitrogen and oxygen atoms in total. The number of nitro groups is 1. The van der Waals surface area contributed by atoms with E-state index >= 15 is 0 Å². The first-order valence-corrected chi connectivity index (χ1v) is 8.55. The number of ketones is 1. The van der Waals surface area contributed by atoms with Gasteiger partial charge in [-0.15, -0.1) is 0 Å². The van der Waals surface area contributed by atoms with Gasteiger partial charge in [0, 0.05) is 17.7 Å². The largest absolute Gasteiger partial charge is 0.507 e. The molecule has 142 valence electrons. The number of fused-ring (bicyclic) bond motifs is 1. The zero-order valence-corrected chi connectivity index (χ0v) is 15.7. The first-order chi connectivity index (χ1) is 12.6. The van der Waals surface area contributed by atoms with Crippen molar-refractivity contribution in [3.05, 3.63) is 56.6 Å². The number of benzene rings is 2. The molecule has 1 atom stereocenters. The second kappa shape index (κ2) is 6.57. The molecular weight excluding hydrogens is 350 g/mol. The van der Waals surface area contributed by atoms with Gasteiger partial charge in [0.2, 0.25) is 0 Å². The molecule has 0 bridgehead atoms. The first-order valence-electron chi connectivity index (χ1n) is 8.55. The van der Waals surface area contributed by atoms with Gasteiger partial charge in [0.05, 0.1) is 16.9 Å². The maximum atomic E-state index is 12.7. The summed E-state index contributed by atoms with van der Waals surface area (Å²) in [4.78, 5) is 23.0. The van der Waals surface area contributed by atoms with Gasteiger partial charge in [-0.2, -0.15) is 0 Å². The van der Waals surface area contributed by atoms with E-state index in [-0.39, 0.29) is 30.2 Å². The molecule has 0 saturated heterocycles. The molecule has 1 heterocycles. The maximum absolute atomic E-state index is 12.7. The minimum absolute atomic E-state index is 0.0204. The quantitative estimate of drug-likeness (QED) is 0.643. The highest BCUT2D eigenvalue weighted by atomic mass is 16.6. The Hall–Kier alpha value is -3.09. The fourth-order valence-electron chi connectivity index (χ4n) is 3.26. The van der Waals surface area contributed by atoms with Gasteiger partial charge in [0.25, 0.3) is 5.69 Å². The highest BCUT2D eigenvalue weighted by molar-refractivity contribution is 6.03. The van der Waals surface area contributed by atoms with Gasteiger partial charge in [-0.3, -0.25) is 14.9 Å². The van der Waals surface area contributed by atoms with E-state index in [4.69, 9.17) is 9.47 Å². The Balaban J connectivity index is 1.84. The molecule has 2 aromatic rings. The average Bonchev–Trinajstić information content (AvgIpc) is 2.63. The molecule has 0 aromatic heterocycles. The number of aromatic hydroxyl groups is 1. The van der Waals surface area contributed by atoms with E-state index < -0.39 is 10.5 Å². The third kappa shape index (κ3) is 3.32. The van der Waals surface area contributed by atoms with E-state index in [9.17, 15) is 20.0 Å². The molecule has 2 aromatic carbocycles. The molecule has 3 rings (SSSR count). The van der Waals surface area contributed by atoms with Crippen LogP contribution < -0.4 is 9.47 Å². The fourth-order valence-corrected chi connectivity index (χ4v) is 3.26. The Morgan fingerprint density at radius 1 is 1.19 bits per heavy atom. The predicted octanol–water partition coefficient (Wildman–Crippen LogP) is 4.03. The van der Waals surface area contributed by atoms with Crippen LogP contribution in [-0.4, -0.2) is 28.0 Å². The first kappa shape index (κ1) is 18.7. The van der Waals surface area contributed by atoms with Crippen molar-refractivity contribution in [3.8, 4) is 17.2 Å². The molecule has 1 unspecified atom stereocenters. The van der Waals surface area contributed by atoms with Gasteiger partial charge >= 0.3 is 0 Å². The number of carbonyl (C=O) groups excluding carboxylic acids is 1. The number of phenolic OH excluding ortho intramolecular Hbond substituents is 1. The summed E-state index contributed by atoms with van der Waals surface area (Å²) in [5, 5.41) is 20.9. The lowest BCUT2D eigenvalue weighted by atomic mass is 9.86. The number of ether oxygens (including phenoxy) is 2. The molecule has 0 fully saturated rings. The number of rotatable bonds is 4. The summed E-state index contributed by atoms with van der Waals surface area (Å²) in [5.41, 5.74) is 1.45. The molecule has 0 radical (unpaired) electrons. The number of non-ortho nitro benzene ring substituents is 1. The number of nitro benzene ring substituents is 1. The van der Waals surface area contributed by atoms with E-state index in [1.54, 1.807) is 20.8 Å². The van der Waals surface area contributed by atoms with E-state index in [0.717, 1.165) is 5.56 Å². The number of hydrogen-bond acceptors (Lipinski definition) is 6.